The highest BCUT2D eigenvalue weighted by Gasteiger charge is 2.10. The van der Waals surface area contributed by atoms with Crippen LogP contribution in [0.4, 0.5) is 0 Å². The van der Waals surface area contributed by atoms with Gasteiger partial charge in [0.1, 0.15) is 5.69 Å². The molecule has 0 saturated heterocycles. The van der Waals surface area contributed by atoms with Crippen LogP contribution in [-0.2, 0) is 6.54 Å². The van der Waals surface area contributed by atoms with Crippen LogP contribution >= 0.6 is 0 Å². The molecular weight excluding hydrogens is 276 g/mol. The first-order valence-electron chi connectivity index (χ1n) is 6.04. The summed E-state index contributed by atoms with van der Waals surface area (Å²) in [5.74, 6) is -0.0444. The van der Waals surface area contributed by atoms with Crippen molar-refractivity contribution in [3.63, 3.8) is 0 Å². The molecule has 0 atom stereocenters. The molecule has 0 aromatic carbocycles. The largest absolute Gasteiger partial charge is 0.343 e. The minimum absolute atomic E-state index is 0.110. The maximum atomic E-state index is 11.9. The number of aromatic amines is 2. The van der Waals surface area contributed by atoms with E-state index < -0.39 is 17.2 Å². The summed E-state index contributed by atoms with van der Waals surface area (Å²) in [4.78, 5) is 38.4. The standard InChI is InChI=1S/C12H10N6O3/c19-10-5-7(14-12(21)15-10)11(20)13-6-9-17-16-8-3-1-2-4-18(8)9/h1-5H,6H2,(H,13,20)(H2,14,15,19,21). The molecule has 3 heterocycles. The first-order valence-corrected chi connectivity index (χ1v) is 6.04. The number of fused-ring (bicyclic) bond motifs is 1. The average Bonchev–Trinajstić information content (AvgIpc) is 2.87. The Labute approximate surface area is 116 Å². The molecule has 0 aliphatic heterocycles. The van der Waals surface area contributed by atoms with Gasteiger partial charge in [0.25, 0.3) is 11.5 Å². The molecule has 9 nitrogen and oxygen atoms in total. The van der Waals surface area contributed by atoms with Crippen LogP contribution in [0.25, 0.3) is 5.65 Å². The number of pyridine rings is 1. The van der Waals surface area contributed by atoms with Crippen molar-refractivity contribution < 1.29 is 4.79 Å². The molecule has 3 N–H and O–H groups in total. The first kappa shape index (κ1) is 12.8. The van der Waals surface area contributed by atoms with Crippen molar-refractivity contribution >= 4 is 11.6 Å². The van der Waals surface area contributed by atoms with E-state index >= 15 is 0 Å². The van der Waals surface area contributed by atoms with Gasteiger partial charge in [-0.1, -0.05) is 6.07 Å². The molecular formula is C12H10N6O3. The third kappa shape index (κ3) is 2.56. The van der Waals surface area contributed by atoms with Crippen molar-refractivity contribution in [1.29, 1.82) is 0 Å². The van der Waals surface area contributed by atoms with Gasteiger partial charge in [-0.2, -0.15) is 0 Å². The van der Waals surface area contributed by atoms with Crippen molar-refractivity contribution in [2.24, 2.45) is 0 Å². The van der Waals surface area contributed by atoms with E-state index in [0.717, 1.165) is 6.07 Å². The number of nitrogens with one attached hydrogen (secondary N) is 3. The van der Waals surface area contributed by atoms with E-state index in [1.54, 1.807) is 16.7 Å². The van der Waals surface area contributed by atoms with Gasteiger partial charge < -0.3 is 10.3 Å². The first-order chi connectivity index (χ1) is 10.1. The zero-order valence-corrected chi connectivity index (χ0v) is 10.7. The second-order valence-electron chi connectivity index (χ2n) is 4.23. The number of carbonyl (C=O) groups excluding carboxylic acids is 1. The lowest BCUT2D eigenvalue weighted by Gasteiger charge is -2.03. The molecule has 3 aromatic heterocycles. The summed E-state index contributed by atoms with van der Waals surface area (Å²) in [6.07, 6.45) is 1.77. The third-order valence-corrected chi connectivity index (χ3v) is 2.80. The normalized spacial score (nSPS) is 10.7. The summed E-state index contributed by atoms with van der Waals surface area (Å²) in [6.45, 7) is 0.110. The maximum absolute atomic E-state index is 11.9. The van der Waals surface area contributed by atoms with Crippen LogP contribution in [0, 0.1) is 0 Å². The number of H-pyrrole nitrogens is 2. The Kier molecular flexibility index (Phi) is 3.07. The third-order valence-electron chi connectivity index (χ3n) is 2.80. The fourth-order valence-corrected chi connectivity index (χ4v) is 1.86. The lowest BCUT2D eigenvalue weighted by Crippen LogP contribution is -2.31. The Hall–Kier alpha value is -3.23. The Morgan fingerprint density at radius 3 is 2.90 bits per heavy atom. The smallest absolute Gasteiger partial charge is 0.326 e. The van der Waals surface area contributed by atoms with Crippen LogP contribution in [0.1, 0.15) is 16.3 Å². The van der Waals surface area contributed by atoms with Gasteiger partial charge in [0.05, 0.1) is 6.54 Å². The van der Waals surface area contributed by atoms with E-state index in [4.69, 9.17) is 0 Å². The van der Waals surface area contributed by atoms with Crippen molar-refractivity contribution in [2.45, 2.75) is 6.54 Å². The average molecular weight is 286 g/mol. The van der Waals surface area contributed by atoms with Gasteiger partial charge in [-0.05, 0) is 12.1 Å². The minimum Gasteiger partial charge on any atom is -0.343 e. The molecule has 3 rings (SSSR count). The van der Waals surface area contributed by atoms with Gasteiger partial charge in [0.2, 0.25) is 0 Å². The summed E-state index contributed by atoms with van der Waals surface area (Å²) in [5, 5.41) is 10.5. The number of hydrogen-bond donors (Lipinski definition) is 3. The van der Waals surface area contributed by atoms with Crippen LogP contribution in [0.5, 0.6) is 0 Å². The highest BCUT2D eigenvalue weighted by molar-refractivity contribution is 5.91. The summed E-state index contributed by atoms with van der Waals surface area (Å²) in [6, 6.07) is 6.44. The zero-order valence-electron chi connectivity index (χ0n) is 10.7. The van der Waals surface area contributed by atoms with E-state index in [-0.39, 0.29) is 12.2 Å². The molecule has 0 aliphatic carbocycles. The highest BCUT2D eigenvalue weighted by atomic mass is 16.2. The number of amides is 1. The number of aromatic nitrogens is 5. The molecule has 0 bridgehead atoms. The van der Waals surface area contributed by atoms with E-state index in [1.807, 2.05) is 17.1 Å². The molecule has 0 unspecified atom stereocenters. The number of rotatable bonds is 3. The molecule has 0 radical (unpaired) electrons. The topological polar surface area (TPSA) is 125 Å². The zero-order chi connectivity index (χ0) is 14.8. The molecule has 106 valence electrons. The van der Waals surface area contributed by atoms with Crippen LogP contribution in [0.2, 0.25) is 0 Å². The number of hydrogen-bond acceptors (Lipinski definition) is 5. The fourth-order valence-electron chi connectivity index (χ4n) is 1.86. The Bertz CT molecular complexity index is 894. The van der Waals surface area contributed by atoms with Crippen LogP contribution < -0.4 is 16.6 Å². The van der Waals surface area contributed by atoms with Gasteiger partial charge in [-0.15, -0.1) is 10.2 Å². The van der Waals surface area contributed by atoms with Gasteiger partial charge in [-0.3, -0.25) is 19.0 Å². The quantitative estimate of drug-likeness (QED) is 0.571. The van der Waals surface area contributed by atoms with Crippen molar-refractivity contribution in [3.8, 4) is 0 Å². The predicted octanol–water partition coefficient (Wildman–Crippen LogP) is -0.964. The van der Waals surface area contributed by atoms with E-state index in [2.05, 4.69) is 20.5 Å². The van der Waals surface area contributed by atoms with E-state index in [1.165, 1.54) is 0 Å². The van der Waals surface area contributed by atoms with Crippen molar-refractivity contribution in [3.05, 3.63) is 62.8 Å². The molecule has 0 fully saturated rings. The van der Waals surface area contributed by atoms with Gasteiger partial charge in [-0.25, -0.2) is 4.79 Å². The van der Waals surface area contributed by atoms with E-state index in [0.29, 0.717) is 11.5 Å². The molecule has 3 aromatic rings. The fraction of sp³-hybridized carbons (Fsp3) is 0.0833. The van der Waals surface area contributed by atoms with Gasteiger partial charge in [0, 0.05) is 12.3 Å². The van der Waals surface area contributed by atoms with Crippen LogP contribution in [-0.4, -0.2) is 30.5 Å². The van der Waals surface area contributed by atoms with Gasteiger partial charge >= 0.3 is 5.69 Å². The lowest BCUT2D eigenvalue weighted by molar-refractivity contribution is 0.0944. The van der Waals surface area contributed by atoms with Crippen molar-refractivity contribution in [1.82, 2.24) is 29.9 Å². The SMILES string of the molecule is O=C(NCc1nnc2ccccn12)c1cc(=O)[nH]c(=O)[nH]1. The predicted molar refractivity (Wildman–Crippen MR) is 71.8 cm³/mol. The Balaban J connectivity index is 1.79. The second-order valence-corrected chi connectivity index (χ2v) is 4.23. The molecule has 21 heavy (non-hydrogen) atoms. The van der Waals surface area contributed by atoms with E-state index in [9.17, 15) is 14.4 Å². The summed E-state index contributed by atoms with van der Waals surface area (Å²) < 4.78 is 1.72. The van der Waals surface area contributed by atoms with Crippen molar-refractivity contribution in [2.75, 3.05) is 0 Å². The molecule has 1 amide bonds. The number of nitrogens with zero attached hydrogens (tertiary/aromatic N) is 3. The summed E-state index contributed by atoms with van der Waals surface area (Å²) >= 11 is 0. The number of carbonyl (C=O) groups is 1. The lowest BCUT2D eigenvalue weighted by atomic mass is 10.3. The summed E-state index contributed by atoms with van der Waals surface area (Å²) in [5.41, 5.74) is -0.832. The maximum Gasteiger partial charge on any atom is 0.326 e. The van der Waals surface area contributed by atoms with Gasteiger partial charge in [0.15, 0.2) is 11.5 Å². The summed E-state index contributed by atoms with van der Waals surface area (Å²) in [7, 11) is 0. The molecule has 0 spiro atoms. The molecule has 0 saturated carbocycles. The minimum atomic E-state index is -0.736. The Morgan fingerprint density at radius 2 is 2.10 bits per heavy atom. The highest BCUT2D eigenvalue weighted by Crippen LogP contribution is 2.02. The molecule has 9 heteroatoms. The second kappa shape index (κ2) is 5.04. The van der Waals surface area contributed by atoms with Crippen LogP contribution in [0.3, 0.4) is 0 Å². The monoisotopic (exact) mass is 286 g/mol. The van der Waals surface area contributed by atoms with Crippen LogP contribution in [0.15, 0.2) is 40.1 Å². The molecule has 0 aliphatic rings. The Morgan fingerprint density at radius 1 is 1.24 bits per heavy atom.